The van der Waals surface area contributed by atoms with Crippen LogP contribution in [0.3, 0.4) is 0 Å². The van der Waals surface area contributed by atoms with Gasteiger partial charge in [-0.2, -0.15) is 0 Å². The first kappa shape index (κ1) is 30.8. The van der Waals surface area contributed by atoms with Crippen LogP contribution in [-0.4, -0.2) is 72.5 Å². The Labute approximate surface area is 196 Å². The Bertz CT molecular complexity index is 446. The highest BCUT2D eigenvalue weighted by molar-refractivity contribution is 5.75. The van der Waals surface area contributed by atoms with Crippen molar-refractivity contribution in [1.82, 2.24) is 10.2 Å². The summed E-state index contributed by atoms with van der Waals surface area (Å²) in [5, 5.41) is 21.2. The van der Waals surface area contributed by atoms with Crippen molar-refractivity contribution in [1.29, 1.82) is 0 Å². The molecule has 0 radical (unpaired) electrons. The summed E-state index contributed by atoms with van der Waals surface area (Å²) < 4.78 is 4.94. The number of ether oxygens (including phenoxy) is 1. The van der Waals surface area contributed by atoms with Crippen LogP contribution in [0.5, 0.6) is 0 Å². The Morgan fingerprint density at radius 2 is 1.41 bits per heavy atom. The molecule has 0 aliphatic rings. The molecular formula is C25H50N2O5. The number of esters is 1. The fourth-order valence-corrected chi connectivity index (χ4v) is 3.60. The quantitative estimate of drug-likeness (QED) is 0.159. The predicted octanol–water partition coefficient (Wildman–Crippen LogP) is 3.80. The molecule has 190 valence electrons. The predicted molar refractivity (Wildman–Crippen MR) is 129 cm³/mol. The maximum Gasteiger partial charge on any atom is 0.320 e. The van der Waals surface area contributed by atoms with Gasteiger partial charge in [-0.25, -0.2) is 0 Å². The van der Waals surface area contributed by atoms with E-state index in [-0.39, 0.29) is 25.7 Å². The van der Waals surface area contributed by atoms with E-state index in [4.69, 9.17) is 14.9 Å². The number of aliphatic hydroxyl groups is 2. The number of hydrogen-bond donors (Lipinski definition) is 3. The van der Waals surface area contributed by atoms with Crippen LogP contribution in [-0.2, 0) is 14.3 Å². The molecule has 3 N–H and O–H groups in total. The van der Waals surface area contributed by atoms with Gasteiger partial charge in [-0.05, 0) is 13.3 Å². The minimum absolute atomic E-state index is 0.0298. The van der Waals surface area contributed by atoms with Gasteiger partial charge in [0.15, 0.2) is 0 Å². The first-order valence-corrected chi connectivity index (χ1v) is 12.9. The second-order valence-electron chi connectivity index (χ2n) is 8.87. The lowest BCUT2D eigenvalue weighted by molar-refractivity contribution is -0.147. The van der Waals surface area contributed by atoms with Gasteiger partial charge >= 0.3 is 5.97 Å². The highest BCUT2D eigenvalue weighted by atomic mass is 16.5. The van der Waals surface area contributed by atoms with Crippen LogP contribution in [0.1, 0.15) is 104 Å². The average molecular weight is 459 g/mol. The fourth-order valence-electron chi connectivity index (χ4n) is 3.60. The van der Waals surface area contributed by atoms with Crippen LogP contribution in [0.25, 0.3) is 0 Å². The highest BCUT2D eigenvalue weighted by Gasteiger charge is 2.12. The molecule has 0 spiro atoms. The molecule has 1 unspecified atom stereocenters. The van der Waals surface area contributed by atoms with E-state index < -0.39 is 12.1 Å². The van der Waals surface area contributed by atoms with E-state index >= 15 is 0 Å². The Hall–Kier alpha value is -1.18. The third-order valence-corrected chi connectivity index (χ3v) is 5.51. The van der Waals surface area contributed by atoms with Crippen LogP contribution in [0.4, 0.5) is 0 Å². The highest BCUT2D eigenvalue weighted by Crippen LogP contribution is 2.12. The lowest BCUT2D eigenvalue weighted by atomic mass is 10.0. The number of carbonyl (C=O) groups excluding carboxylic acids is 2. The molecular weight excluding hydrogens is 408 g/mol. The molecule has 7 heteroatoms. The van der Waals surface area contributed by atoms with Crippen LogP contribution in [0.15, 0.2) is 0 Å². The summed E-state index contributed by atoms with van der Waals surface area (Å²) in [6.07, 6.45) is 16.6. The summed E-state index contributed by atoms with van der Waals surface area (Å²) in [5.41, 5.74) is 0. The van der Waals surface area contributed by atoms with Crippen molar-refractivity contribution in [2.45, 2.75) is 110 Å². The zero-order chi connectivity index (χ0) is 23.9. The molecule has 0 aliphatic carbocycles. The molecule has 1 atom stereocenters. The van der Waals surface area contributed by atoms with Gasteiger partial charge in [0.25, 0.3) is 0 Å². The molecule has 0 saturated carbocycles. The first-order valence-electron chi connectivity index (χ1n) is 12.9. The summed E-state index contributed by atoms with van der Waals surface area (Å²) in [4.78, 5) is 25.5. The maximum atomic E-state index is 12.0. The van der Waals surface area contributed by atoms with Gasteiger partial charge in [0, 0.05) is 26.1 Å². The molecule has 0 aromatic heterocycles. The SMILES string of the molecule is CCCCCCCCCCCCCCCC(=O)NCCN(CCO)CC(=O)OCC(C)O. The molecule has 0 saturated heterocycles. The molecule has 0 bridgehead atoms. The van der Waals surface area contributed by atoms with Crippen molar-refractivity contribution in [2.75, 3.05) is 39.4 Å². The summed E-state index contributed by atoms with van der Waals surface area (Å²) in [6, 6.07) is 0. The normalized spacial score (nSPS) is 12.2. The molecule has 0 aliphatic heterocycles. The number of nitrogens with zero attached hydrogens (tertiary/aromatic N) is 1. The number of unbranched alkanes of at least 4 members (excludes halogenated alkanes) is 12. The Balaban J connectivity index is 3.59. The van der Waals surface area contributed by atoms with E-state index in [1.807, 2.05) is 0 Å². The fraction of sp³-hybridized carbons (Fsp3) is 0.920. The van der Waals surface area contributed by atoms with Gasteiger partial charge in [-0.3, -0.25) is 14.5 Å². The van der Waals surface area contributed by atoms with E-state index in [1.54, 1.807) is 11.8 Å². The Morgan fingerprint density at radius 3 is 1.91 bits per heavy atom. The zero-order valence-electron chi connectivity index (χ0n) is 20.8. The number of aliphatic hydroxyl groups excluding tert-OH is 2. The molecule has 0 heterocycles. The van der Waals surface area contributed by atoms with Crippen molar-refractivity contribution >= 4 is 11.9 Å². The first-order chi connectivity index (χ1) is 15.5. The van der Waals surface area contributed by atoms with Crippen molar-refractivity contribution in [3.63, 3.8) is 0 Å². The number of amides is 1. The van der Waals surface area contributed by atoms with Crippen LogP contribution in [0.2, 0.25) is 0 Å². The average Bonchev–Trinajstić information content (AvgIpc) is 2.75. The Kier molecular flexibility index (Phi) is 22.1. The molecule has 32 heavy (non-hydrogen) atoms. The lowest BCUT2D eigenvalue weighted by Gasteiger charge is -2.20. The largest absolute Gasteiger partial charge is 0.462 e. The van der Waals surface area contributed by atoms with Gasteiger partial charge in [-0.15, -0.1) is 0 Å². The zero-order valence-corrected chi connectivity index (χ0v) is 20.8. The number of carbonyl (C=O) groups is 2. The van der Waals surface area contributed by atoms with Crippen LogP contribution in [0, 0.1) is 0 Å². The number of hydrogen-bond acceptors (Lipinski definition) is 6. The van der Waals surface area contributed by atoms with Crippen LogP contribution >= 0.6 is 0 Å². The minimum atomic E-state index is -0.699. The minimum Gasteiger partial charge on any atom is -0.462 e. The third kappa shape index (κ3) is 22.0. The van der Waals surface area contributed by atoms with Crippen molar-refractivity contribution in [3.05, 3.63) is 0 Å². The van der Waals surface area contributed by atoms with E-state index in [0.717, 1.165) is 12.8 Å². The molecule has 7 nitrogen and oxygen atoms in total. The monoisotopic (exact) mass is 458 g/mol. The maximum absolute atomic E-state index is 12.0. The van der Waals surface area contributed by atoms with E-state index in [9.17, 15) is 9.59 Å². The van der Waals surface area contributed by atoms with E-state index in [1.165, 1.54) is 70.6 Å². The second kappa shape index (κ2) is 23.0. The van der Waals surface area contributed by atoms with Gasteiger partial charge in [-0.1, -0.05) is 84.0 Å². The summed E-state index contributed by atoms with van der Waals surface area (Å²) in [5.74, 6) is -0.411. The topological polar surface area (TPSA) is 99.1 Å². The summed E-state index contributed by atoms with van der Waals surface area (Å²) >= 11 is 0. The molecule has 0 aromatic carbocycles. The van der Waals surface area contributed by atoms with Crippen molar-refractivity contribution < 1.29 is 24.5 Å². The standard InChI is InChI=1S/C25H50N2O5/c1-3-4-5-6-7-8-9-10-11-12-13-14-15-16-24(30)26-17-18-27(19-20-28)21-25(31)32-22-23(2)29/h23,28-29H,3-22H2,1-2H3,(H,26,30). The molecule has 0 aromatic rings. The number of rotatable bonds is 23. The molecule has 1 amide bonds. The lowest BCUT2D eigenvalue weighted by Crippen LogP contribution is -2.39. The van der Waals surface area contributed by atoms with E-state index in [0.29, 0.717) is 26.1 Å². The smallest absolute Gasteiger partial charge is 0.320 e. The van der Waals surface area contributed by atoms with Gasteiger partial charge in [0.1, 0.15) is 6.61 Å². The van der Waals surface area contributed by atoms with Crippen LogP contribution < -0.4 is 5.32 Å². The van der Waals surface area contributed by atoms with Gasteiger partial charge in [0.2, 0.25) is 5.91 Å². The Morgan fingerprint density at radius 1 is 0.875 bits per heavy atom. The van der Waals surface area contributed by atoms with Crippen molar-refractivity contribution in [2.24, 2.45) is 0 Å². The van der Waals surface area contributed by atoms with E-state index in [2.05, 4.69) is 12.2 Å². The molecule has 0 rings (SSSR count). The van der Waals surface area contributed by atoms with Crippen molar-refractivity contribution in [3.8, 4) is 0 Å². The second-order valence-corrected chi connectivity index (χ2v) is 8.87. The molecule has 0 fully saturated rings. The van der Waals surface area contributed by atoms with Gasteiger partial charge < -0.3 is 20.3 Å². The van der Waals surface area contributed by atoms with Gasteiger partial charge in [0.05, 0.1) is 19.3 Å². The number of nitrogens with one attached hydrogen (secondary N) is 1. The summed E-state index contributed by atoms with van der Waals surface area (Å²) in [7, 11) is 0. The third-order valence-electron chi connectivity index (χ3n) is 5.51. The summed E-state index contributed by atoms with van der Waals surface area (Å²) in [6.45, 7) is 4.95.